The quantitative estimate of drug-likeness (QED) is 0.718. The Kier molecular flexibility index (Phi) is 5.19. The lowest BCUT2D eigenvalue weighted by Crippen LogP contribution is -2.48. The van der Waals surface area contributed by atoms with E-state index in [9.17, 15) is 4.79 Å². The van der Waals surface area contributed by atoms with Gasteiger partial charge in [0.25, 0.3) is 0 Å². The van der Waals surface area contributed by atoms with Crippen molar-refractivity contribution in [2.45, 2.75) is 33.6 Å². The molecule has 0 aromatic rings. The van der Waals surface area contributed by atoms with Crippen LogP contribution in [0.4, 0.5) is 0 Å². The molecule has 1 saturated heterocycles. The number of carbonyl (C=O) groups is 1. The predicted octanol–water partition coefficient (Wildman–Crippen LogP) is 2.05. The molecule has 0 radical (unpaired) electrons. The van der Waals surface area contributed by atoms with Crippen molar-refractivity contribution < 1.29 is 4.79 Å². The zero-order valence-electron chi connectivity index (χ0n) is 11.5. The van der Waals surface area contributed by atoms with Crippen LogP contribution in [0, 0.1) is 11.3 Å². The molecule has 17 heavy (non-hydrogen) atoms. The zero-order valence-corrected chi connectivity index (χ0v) is 11.5. The molecule has 1 unspecified atom stereocenters. The molecule has 1 rings (SSSR count). The van der Waals surface area contributed by atoms with Crippen LogP contribution in [0.2, 0.25) is 0 Å². The third-order valence-corrected chi connectivity index (χ3v) is 3.85. The van der Waals surface area contributed by atoms with E-state index in [1.165, 1.54) is 0 Å². The standard InChI is InChI=1S/C14H26N2O/c1-5-9-16(10-6-2)13(17)14(12(3)4)7-8-15-11-14/h5,12,15H,1,6-11H2,2-4H3. The molecule has 1 atom stereocenters. The van der Waals surface area contributed by atoms with Gasteiger partial charge in [-0.15, -0.1) is 6.58 Å². The van der Waals surface area contributed by atoms with Crippen LogP contribution in [0.1, 0.15) is 33.6 Å². The minimum Gasteiger partial charge on any atom is -0.338 e. The molecule has 1 N–H and O–H groups in total. The van der Waals surface area contributed by atoms with Crippen molar-refractivity contribution in [1.29, 1.82) is 0 Å². The van der Waals surface area contributed by atoms with Gasteiger partial charge in [0.1, 0.15) is 0 Å². The summed E-state index contributed by atoms with van der Waals surface area (Å²) >= 11 is 0. The second-order valence-electron chi connectivity index (χ2n) is 5.28. The summed E-state index contributed by atoms with van der Waals surface area (Å²) in [6.07, 6.45) is 3.78. The van der Waals surface area contributed by atoms with Gasteiger partial charge in [-0.3, -0.25) is 4.79 Å². The Morgan fingerprint density at radius 3 is 2.71 bits per heavy atom. The molecule has 1 fully saturated rings. The van der Waals surface area contributed by atoms with E-state index in [0.717, 1.165) is 32.5 Å². The highest BCUT2D eigenvalue weighted by Crippen LogP contribution is 2.36. The lowest BCUT2D eigenvalue weighted by atomic mass is 9.75. The first-order valence-electron chi connectivity index (χ1n) is 6.69. The van der Waals surface area contributed by atoms with Gasteiger partial charge in [-0.25, -0.2) is 0 Å². The van der Waals surface area contributed by atoms with Gasteiger partial charge in [-0.1, -0.05) is 26.8 Å². The van der Waals surface area contributed by atoms with E-state index in [4.69, 9.17) is 0 Å². The van der Waals surface area contributed by atoms with E-state index >= 15 is 0 Å². The molecule has 0 aromatic heterocycles. The van der Waals surface area contributed by atoms with Gasteiger partial charge in [0.05, 0.1) is 5.41 Å². The molecule has 3 nitrogen and oxygen atoms in total. The fourth-order valence-corrected chi connectivity index (χ4v) is 2.65. The largest absolute Gasteiger partial charge is 0.338 e. The third-order valence-electron chi connectivity index (χ3n) is 3.85. The number of amides is 1. The van der Waals surface area contributed by atoms with Crippen LogP contribution in [0.15, 0.2) is 12.7 Å². The van der Waals surface area contributed by atoms with Gasteiger partial charge >= 0.3 is 0 Å². The maximum absolute atomic E-state index is 12.7. The Balaban J connectivity index is 2.85. The number of hydrogen-bond acceptors (Lipinski definition) is 2. The summed E-state index contributed by atoms with van der Waals surface area (Å²) in [4.78, 5) is 14.7. The van der Waals surface area contributed by atoms with Crippen molar-refractivity contribution in [3.8, 4) is 0 Å². The summed E-state index contributed by atoms with van der Waals surface area (Å²) in [7, 11) is 0. The minimum absolute atomic E-state index is 0.196. The SMILES string of the molecule is C=CCN(CCC)C(=O)C1(C(C)C)CCNC1. The lowest BCUT2D eigenvalue weighted by molar-refractivity contribution is -0.143. The van der Waals surface area contributed by atoms with Gasteiger partial charge in [0.2, 0.25) is 5.91 Å². The fourth-order valence-electron chi connectivity index (χ4n) is 2.65. The van der Waals surface area contributed by atoms with E-state index in [1.807, 2.05) is 11.0 Å². The predicted molar refractivity (Wildman–Crippen MR) is 71.8 cm³/mol. The Hall–Kier alpha value is -0.830. The smallest absolute Gasteiger partial charge is 0.230 e. The Labute approximate surface area is 105 Å². The van der Waals surface area contributed by atoms with E-state index in [-0.39, 0.29) is 5.41 Å². The molecular formula is C14H26N2O. The summed E-state index contributed by atoms with van der Waals surface area (Å²) in [5, 5.41) is 3.34. The minimum atomic E-state index is -0.196. The lowest BCUT2D eigenvalue weighted by Gasteiger charge is -2.36. The molecule has 3 heteroatoms. The van der Waals surface area contributed by atoms with Crippen LogP contribution in [-0.4, -0.2) is 37.0 Å². The van der Waals surface area contributed by atoms with Crippen LogP contribution < -0.4 is 5.32 Å². The van der Waals surface area contributed by atoms with E-state index in [2.05, 4.69) is 32.7 Å². The monoisotopic (exact) mass is 238 g/mol. The maximum Gasteiger partial charge on any atom is 0.230 e. The van der Waals surface area contributed by atoms with Crippen LogP contribution in [0.25, 0.3) is 0 Å². The number of rotatable bonds is 6. The average Bonchev–Trinajstić information content (AvgIpc) is 2.78. The molecule has 1 aliphatic heterocycles. The van der Waals surface area contributed by atoms with Crippen molar-refractivity contribution in [2.75, 3.05) is 26.2 Å². The average molecular weight is 238 g/mol. The highest BCUT2D eigenvalue weighted by atomic mass is 16.2. The Morgan fingerprint density at radius 1 is 1.59 bits per heavy atom. The molecular weight excluding hydrogens is 212 g/mol. The van der Waals surface area contributed by atoms with Crippen molar-refractivity contribution in [2.24, 2.45) is 11.3 Å². The Morgan fingerprint density at radius 2 is 2.29 bits per heavy atom. The molecule has 0 saturated carbocycles. The van der Waals surface area contributed by atoms with Crippen molar-refractivity contribution in [1.82, 2.24) is 10.2 Å². The van der Waals surface area contributed by atoms with Crippen LogP contribution in [-0.2, 0) is 4.79 Å². The topological polar surface area (TPSA) is 32.3 Å². The summed E-state index contributed by atoms with van der Waals surface area (Å²) in [6.45, 7) is 13.4. The molecule has 0 spiro atoms. The van der Waals surface area contributed by atoms with E-state index in [1.54, 1.807) is 0 Å². The molecule has 1 aliphatic rings. The highest BCUT2D eigenvalue weighted by Gasteiger charge is 2.45. The van der Waals surface area contributed by atoms with E-state index in [0.29, 0.717) is 18.4 Å². The zero-order chi connectivity index (χ0) is 12.9. The van der Waals surface area contributed by atoms with Crippen LogP contribution in [0.5, 0.6) is 0 Å². The molecule has 0 bridgehead atoms. The normalized spacial score (nSPS) is 24.0. The van der Waals surface area contributed by atoms with Gasteiger partial charge in [0.15, 0.2) is 0 Å². The summed E-state index contributed by atoms with van der Waals surface area (Å²) in [5.74, 6) is 0.688. The van der Waals surface area contributed by atoms with Crippen LogP contribution >= 0.6 is 0 Å². The molecule has 0 aromatic carbocycles. The summed E-state index contributed by atoms with van der Waals surface area (Å²) in [6, 6.07) is 0. The van der Waals surface area contributed by atoms with Crippen molar-refractivity contribution in [3.63, 3.8) is 0 Å². The number of carbonyl (C=O) groups excluding carboxylic acids is 1. The Bertz CT molecular complexity index is 267. The number of hydrogen-bond donors (Lipinski definition) is 1. The van der Waals surface area contributed by atoms with Gasteiger partial charge in [-0.2, -0.15) is 0 Å². The van der Waals surface area contributed by atoms with E-state index < -0.39 is 0 Å². The summed E-state index contributed by atoms with van der Waals surface area (Å²) in [5.41, 5.74) is -0.196. The van der Waals surface area contributed by atoms with Gasteiger partial charge < -0.3 is 10.2 Å². The molecule has 1 amide bonds. The molecule has 1 heterocycles. The number of nitrogens with zero attached hydrogens (tertiary/aromatic N) is 1. The fraction of sp³-hybridized carbons (Fsp3) is 0.786. The first-order valence-corrected chi connectivity index (χ1v) is 6.69. The van der Waals surface area contributed by atoms with Crippen LogP contribution in [0.3, 0.4) is 0 Å². The van der Waals surface area contributed by atoms with Gasteiger partial charge in [-0.05, 0) is 25.3 Å². The third kappa shape index (κ3) is 2.89. The van der Waals surface area contributed by atoms with Crippen molar-refractivity contribution in [3.05, 3.63) is 12.7 Å². The van der Waals surface area contributed by atoms with Gasteiger partial charge in [0, 0.05) is 19.6 Å². The first kappa shape index (κ1) is 14.2. The number of nitrogens with one attached hydrogen (secondary N) is 1. The first-order chi connectivity index (χ1) is 8.08. The van der Waals surface area contributed by atoms with Crippen molar-refractivity contribution >= 4 is 5.91 Å². The second kappa shape index (κ2) is 6.20. The summed E-state index contributed by atoms with van der Waals surface area (Å²) < 4.78 is 0. The maximum atomic E-state index is 12.7. The molecule has 0 aliphatic carbocycles. The second-order valence-corrected chi connectivity index (χ2v) is 5.28. The molecule has 98 valence electrons. The highest BCUT2D eigenvalue weighted by molar-refractivity contribution is 5.84.